The van der Waals surface area contributed by atoms with Gasteiger partial charge in [0.2, 0.25) is 11.8 Å². The van der Waals surface area contributed by atoms with Crippen molar-refractivity contribution >= 4 is 29.1 Å². The predicted molar refractivity (Wildman–Crippen MR) is 101 cm³/mol. The molecule has 1 aromatic rings. The Labute approximate surface area is 158 Å². The fourth-order valence-electron chi connectivity index (χ4n) is 3.75. The van der Waals surface area contributed by atoms with Crippen molar-refractivity contribution in [3.8, 4) is 0 Å². The summed E-state index contributed by atoms with van der Waals surface area (Å²) < 4.78 is 0. The van der Waals surface area contributed by atoms with Crippen LogP contribution in [0, 0.1) is 5.92 Å². The lowest BCUT2D eigenvalue weighted by molar-refractivity contribution is -0.143. The Kier molecular flexibility index (Phi) is 6.29. The fourth-order valence-corrected chi connectivity index (χ4v) is 4.46. The van der Waals surface area contributed by atoms with E-state index in [4.69, 9.17) is 0 Å². The minimum atomic E-state index is -0.125. The molecular formula is C19H27N3O3S. The first kappa shape index (κ1) is 18.9. The largest absolute Gasteiger partial charge is 0.339 e. The molecular weight excluding hydrogens is 350 g/mol. The third-order valence-corrected chi connectivity index (χ3v) is 6.21. The van der Waals surface area contributed by atoms with Crippen LogP contribution >= 0.6 is 11.3 Å². The monoisotopic (exact) mass is 377 g/mol. The van der Waals surface area contributed by atoms with Gasteiger partial charge in [-0.15, -0.1) is 11.3 Å². The number of piperazine rings is 1. The van der Waals surface area contributed by atoms with E-state index in [0.29, 0.717) is 31.1 Å². The highest BCUT2D eigenvalue weighted by Crippen LogP contribution is 2.25. The topological polar surface area (TPSA) is 60.9 Å². The first-order valence-corrected chi connectivity index (χ1v) is 10.3. The number of amides is 3. The van der Waals surface area contributed by atoms with Gasteiger partial charge in [0.1, 0.15) is 0 Å². The fraction of sp³-hybridized carbons (Fsp3) is 0.632. The zero-order valence-electron chi connectivity index (χ0n) is 15.4. The molecule has 26 heavy (non-hydrogen) atoms. The Morgan fingerprint density at radius 3 is 2.35 bits per heavy atom. The van der Waals surface area contributed by atoms with Crippen LogP contribution in [0.25, 0.3) is 0 Å². The van der Waals surface area contributed by atoms with Crippen LogP contribution in [0.2, 0.25) is 0 Å². The molecule has 1 saturated heterocycles. The second kappa shape index (κ2) is 8.66. The average molecular weight is 378 g/mol. The SMILES string of the molecule is CN(CC(=O)N1CCN(C(=O)C2CCCCC2)CC1)C(=O)c1cccs1. The molecule has 0 unspecified atom stereocenters. The Morgan fingerprint density at radius 1 is 1.08 bits per heavy atom. The highest BCUT2D eigenvalue weighted by Gasteiger charge is 2.30. The third kappa shape index (κ3) is 4.44. The lowest BCUT2D eigenvalue weighted by Crippen LogP contribution is -2.53. The van der Waals surface area contributed by atoms with E-state index in [1.165, 1.54) is 22.7 Å². The smallest absolute Gasteiger partial charge is 0.264 e. The number of carbonyl (C=O) groups is 3. The summed E-state index contributed by atoms with van der Waals surface area (Å²) in [5, 5.41) is 1.85. The van der Waals surface area contributed by atoms with Gasteiger partial charge in [0, 0.05) is 39.1 Å². The summed E-state index contributed by atoms with van der Waals surface area (Å²) in [5.41, 5.74) is 0. The molecule has 7 heteroatoms. The molecule has 0 N–H and O–H groups in total. The van der Waals surface area contributed by atoms with Gasteiger partial charge in [-0.3, -0.25) is 14.4 Å². The molecule has 1 aliphatic heterocycles. The van der Waals surface area contributed by atoms with Crippen molar-refractivity contribution in [3.05, 3.63) is 22.4 Å². The normalized spacial score (nSPS) is 18.7. The van der Waals surface area contributed by atoms with E-state index in [1.807, 2.05) is 16.3 Å². The Balaban J connectivity index is 1.46. The molecule has 3 amide bonds. The van der Waals surface area contributed by atoms with E-state index in [9.17, 15) is 14.4 Å². The van der Waals surface area contributed by atoms with Crippen molar-refractivity contribution in [2.24, 2.45) is 5.92 Å². The Bertz CT molecular complexity index is 632. The van der Waals surface area contributed by atoms with E-state index in [0.717, 1.165) is 25.7 Å². The summed E-state index contributed by atoms with van der Waals surface area (Å²) in [4.78, 5) is 43.1. The molecule has 2 aliphatic rings. The molecule has 0 aromatic carbocycles. The molecule has 0 radical (unpaired) electrons. The minimum Gasteiger partial charge on any atom is -0.339 e. The molecule has 142 valence electrons. The van der Waals surface area contributed by atoms with Gasteiger partial charge in [-0.1, -0.05) is 25.3 Å². The second-order valence-corrected chi connectivity index (χ2v) is 8.13. The molecule has 1 aromatic heterocycles. The number of hydrogen-bond acceptors (Lipinski definition) is 4. The van der Waals surface area contributed by atoms with Crippen LogP contribution in [0.5, 0.6) is 0 Å². The standard InChI is InChI=1S/C19H27N3O3S/c1-20(19(25)16-8-5-13-26-16)14-17(23)21-9-11-22(12-10-21)18(24)15-6-3-2-4-7-15/h5,8,13,15H,2-4,6-7,9-12,14H2,1H3. The van der Waals surface area contributed by atoms with Crippen LogP contribution in [-0.4, -0.2) is 72.2 Å². The molecule has 3 rings (SSSR count). The van der Waals surface area contributed by atoms with Crippen LogP contribution in [0.3, 0.4) is 0 Å². The molecule has 1 saturated carbocycles. The van der Waals surface area contributed by atoms with E-state index in [2.05, 4.69) is 0 Å². The van der Waals surface area contributed by atoms with Gasteiger partial charge in [0.15, 0.2) is 0 Å². The van der Waals surface area contributed by atoms with E-state index >= 15 is 0 Å². The highest BCUT2D eigenvalue weighted by atomic mass is 32.1. The van der Waals surface area contributed by atoms with Gasteiger partial charge >= 0.3 is 0 Å². The van der Waals surface area contributed by atoms with Crippen molar-refractivity contribution in [1.82, 2.24) is 14.7 Å². The summed E-state index contributed by atoms with van der Waals surface area (Å²) in [7, 11) is 1.66. The van der Waals surface area contributed by atoms with Crippen molar-refractivity contribution in [3.63, 3.8) is 0 Å². The molecule has 2 heterocycles. The number of likely N-dealkylation sites (N-methyl/N-ethyl adjacent to an activating group) is 1. The maximum absolute atomic E-state index is 12.6. The molecule has 2 fully saturated rings. The number of rotatable bonds is 4. The van der Waals surface area contributed by atoms with Gasteiger partial charge in [-0.25, -0.2) is 0 Å². The predicted octanol–water partition coefficient (Wildman–Crippen LogP) is 2.07. The number of hydrogen-bond donors (Lipinski definition) is 0. The molecule has 0 bridgehead atoms. The number of carbonyl (C=O) groups excluding carboxylic acids is 3. The van der Waals surface area contributed by atoms with Crippen molar-refractivity contribution < 1.29 is 14.4 Å². The van der Waals surface area contributed by atoms with Crippen LogP contribution in [0.4, 0.5) is 0 Å². The van der Waals surface area contributed by atoms with Gasteiger partial charge in [-0.2, -0.15) is 0 Å². The van der Waals surface area contributed by atoms with Crippen molar-refractivity contribution in [2.75, 3.05) is 39.8 Å². The number of nitrogens with zero attached hydrogens (tertiary/aromatic N) is 3. The first-order chi connectivity index (χ1) is 12.6. The van der Waals surface area contributed by atoms with Gasteiger partial charge in [-0.05, 0) is 24.3 Å². The summed E-state index contributed by atoms with van der Waals surface area (Å²) in [6.07, 6.45) is 5.56. The lowest BCUT2D eigenvalue weighted by Gasteiger charge is -2.37. The van der Waals surface area contributed by atoms with Crippen LogP contribution in [0.1, 0.15) is 41.8 Å². The zero-order chi connectivity index (χ0) is 18.5. The summed E-state index contributed by atoms with van der Waals surface area (Å²) in [6.45, 7) is 2.39. The van der Waals surface area contributed by atoms with E-state index in [1.54, 1.807) is 18.0 Å². The highest BCUT2D eigenvalue weighted by molar-refractivity contribution is 7.12. The minimum absolute atomic E-state index is 0.0535. The number of thiophene rings is 1. The molecule has 0 atom stereocenters. The van der Waals surface area contributed by atoms with Crippen molar-refractivity contribution in [2.45, 2.75) is 32.1 Å². The zero-order valence-corrected chi connectivity index (χ0v) is 16.2. The Hall–Kier alpha value is -1.89. The van der Waals surface area contributed by atoms with Gasteiger partial charge in [0.25, 0.3) is 5.91 Å². The lowest BCUT2D eigenvalue weighted by atomic mass is 9.88. The van der Waals surface area contributed by atoms with E-state index in [-0.39, 0.29) is 30.2 Å². The Morgan fingerprint density at radius 2 is 1.73 bits per heavy atom. The van der Waals surface area contributed by atoms with Gasteiger partial charge < -0.3 is 14.7 Å². The maximum atomic E-state index is 12.6. The van der Waals surface area contributed by atoms with E-state index < -0.39 is 0 Å². The summed E-state index contributed by atoms with van der Waals surface area (Å²) in [5.74, 6) is 0.268. The van der Waals surface area contributed by atoms with Gasteiger partial charge in [0.05, 0.1) is 11.4 Å². The molecule has 1 aliphatic carbocycles. The summed E-state index contributed by atoms with van der Waals surface area (Å²) in [6, 6.07) is 3.60. The van der Waals surface area contributed by atoms with Crippen LogP contribution < -0.4 is 0 Å². The summed E-state index contributed by atoms with van der Waals surface area (Å²) >= 11 is 1.38. The molecule has 6 nitrogen and oxygen atoms in total. The van der Waals surface area contributed by atoms with Crippen LogP contribution in [0.15, 0.2) is 17.5 Å². The average Bonchev–Trinajstić information content (AvgIpc) is 3.22. The third-order valence-electron chi connectivity index (χ3n) is 5.35. The molecule has 0 spiro atoms. The first-order valence-electron chi connectivity index (χ1n) is 9.42. The van der Waals surface area contributed by atoms with Crippen molar-refractivity contribution in [1.29, 1.82) is 0 Å². The quantitative estimate of drug-likeness (QED) is 0.807. The maximum Gasteiger partial charge on any atom is 0.264 e. The second-order valence-electron chi connectivity index (χ2n) is 7.18. The van der Waals surface area contributed by atoms with Crippen LogP contribution in [-0.2, 0) is 9.59 Å².